The Morgan fingerprint density at radius 3 is 1.30 bits per heavy atom. The second-order valence-electron chi connectivity index (χ2n) is 0.900. The van der Waals surface area contributed by atoms with Gasteiger partial charge < -0.3 is 56.3 Å². The van der Waals surface area contributed by atoms with Crippen molar-refractivity contribution in [1.82, 2.24) is 0 Å². The summed E-state index contributed by atoms with van der Waals surface area (Å²) in [6.45, 7) is 0. The van der Waals surface area contributed by atoms with Crippen LogP contribution in [0.3, 0.4) is 0 Å². The van der Waals surface area contributed by atoms with E-state index >= 15 is 0 Å². The van der Waals surface area contributed by atoms with Crippen LogP contribution < -0.4 is 56.3 Å². The zero-order valence-electron chi connectivity index (χ0n) is 4.43. The molecule has 0 aromatic rings. The lowest BCUT2D eigenvalue weighted by molar-refractivity contribution is -0.632. The fourth-order valence-corrected chi connectivity index (χ4v) is 2.36. The van der Waals surface area contributed by atoms with Gasteiger partial charge in [0.05, 0.1) is 0 Å². The molecule has 0 aromatic heterocycles. The number of quaternary nitrogens is 1. The van der Waals surface area contributed by atoms with Crippen LogP contribution in [-0.2, 0) is 0 Å². The normalized spacial score (nSPS) is 8.40. The summed E-state index contributed by atoms with van der Waals surface area (Å²) in [5.74, 6) is 0. The minimum absolute atomic E-state index is 0. The molecule has 0 saturated heterocycles. The number of rotatable bonds is 1. The minimum atomic E-state index is -0.184. The van der Waals surface area contributed by atoms with Crippen LogP contribution in [0.4, 0.5) is 0 Å². The molecule has 0 aliphatic carbocycles. The third kappa shape index (κ3) is 22.5. The standard InChI is InChI=1S/C2H3Br4N.3BrH/c3-1-7-2(4,5)6;;;/h7H,1H2;3*1H/p-2. The number of hydrogen-bond donors (Lipinski definition) is 1. The van der Waals surface area contributed by atoms with Crippen LogP contribution >= 0.6 is 63.7 Å². The van der Waals surface area contributed by atoms with Crippen molar-refractivity contribution in [2.75, 3.05) is 5.45 Å². The highest BCUT2D eigenvalue weighted by Crippen LogP contribution is 2.24. The number of hydrogen-bond acceptors (Lipinski definition) is 0. The molecule has 10 heavy (non-hydrogen) atoms. The topological polar surface area (TPSA) is 16.6 Å². The Kier molecular flexibility index (Phi) is 28.7. The zero-order chi connectivity index (χ0) is 5.91. The van der Waals surface area contributed by atoms with Crippen LogP contribution in [0.15, 0.2) is 0 Å². The van der Waals surface area contributed by atoms with E-state index < -0.39 is 0 Å². The van der Waals surface area contributed by atoms with Gasteiger partial charge in [0.25, 0.3) is 2.27 Å². The molecule has 0 aliphatic rings. The first-order chi connectivity index (χ1) is 3.06. The van der Waals surface area contributed by atoms with Crippen LogP contribution in [-0.4, -0.2) is 7.72 Å². The highest BCUT2D eigenvalue weighted by molar-refractivity contribution is 9.39. The van der Waals surface area contributed by atoms with E-state index in [0.717, 1.165) is 5.45 Å². The van der Waals surface area contributed by atoms with Crippen LogP contribution in [0, 0.1) is 0 Å². The molecular weight excluding hydrogens is 597 g/mol. The van der Waals surface area contributed by atoms with Gasteiger partial charge in [-0.25, -0.2) is 0 Å². The molecule has 8 heteroatoms. The average molecular weight is 601 g/mol. The summed E-state index contributed by atoms with van der Waals surface area (Å²) >= 11 is 13.1. The summed E-state index contributed by atoms with van der Waals surface area (Å²) in [5.41, 5.74) is 0.856. The maximum absolute atomic E-state index is 3.29. The van der Waals surface area contributed by atoms with Crippen molar-refractivity contribution in [2.24, 2.45) is 0 Å². The van der Waals surface area contributed by atoms with Crippen LogP contribution in [0.25, 0.3) is 0 Å². The smallest absolute Gasteiger partial charge is 0.260 e. The molecule has 2 N–H and O–H groups in total. The third-order valence-electron chi connectivity index (χ3n) is 0.309. The Labute approximate surface area is 126 Å². The van der Waals surface area contributed by atoms with Crippen molar-refractivity contribution < 1.29 is 56.3 Å². The molecule has 0 fully saturated rings. The van der Waals surface area contributed by atoms with Gasteiger partial charge in [0, 0.05) is 47.8 Å². The SMILES string of the molecule is BrC[NH2+]C(Br)(Br)Br.[Br-].[Br-].[Br-]. The van der Waals surface area contributed by atoms with Crippen molar-refractivity contribution in [1.29, 1.82) is 0 Å². The fourth-order valence-electron chi connectivity index (χ4n) is 0.0875. The Bertz CT molecular complexity index is 50.1. The molecule has 0 atom stereocenters. The second kappa shape index (κ2) is 12.3. The number of nitrogens with two attached hydrogens (primary N) is 1. The lowest BCUT2D eigenvalue weighted by Gasteiger charge is -2.05. The van der Waals surface area contributed by atoms with Gasteiger partial charge >= 0.3 is 0 Å². The van der Waals surface area contributed by atoms with E-state index in [0.29, 0.717) is 0 Å². The van der Waals surface area contributed by atoms with Crippen LogP contribution in [0.1, 0.15) is 0 Å². The van der Waals surface area contributed by atoms with E-state index in [2.05, 4.69) is 63.7 Å². The summed E-state index contributed by atoms with van der Waals surface area (Å²) in [5, 5.41) is 1.98. The Morgan fingerprint density at radius 1 is 1.00 bits per heavy atom. The van der Waals surface area contributed by atoms with E-state index in [1.165, 1.54) is 0 Å². The molecule has 0 rings (SSSR count). The highest BCUT2D eigenvalue weighted by Gasteiger charge is 2.18. The number of alkyl halides is 4. The quantitative estimate of drug-likeness (QED) is 0.228. The molecule has 0 unspecified atom stereocenters. The first-order valence-corrected chi connectivity index (χ1v) is 5.03. The van der Waals surface area contributed by atoms with Gasteiger partial charge in [-0.05, 0) is 15.9 Å². The molecule has 0 amide bonds. The third-order valence-corrected chi connectivity index (χ3v) is 1.60. The molecule has 0 aromatic carbocycles. The van der Waals surface area contributed by atoms with E-state index in [1.54, 1.807) is 0 Å². The predicted octanol–water partition coefficient (Wildman–Crippen LogP) is -7.29. The van der Waals surface area contributed by atoms with E-state index in [-0.39, 0.29) is 53.2 Å². The lowest BCUT2D eigenvalue weighted by Crippen LogP contribution is -3.00. The van der Waals surface area contributed by atoms with Gasteiger partial charge in [0.1, 0.15) is 5.45 Å². The summed E-state index contributed by atoms with van der Waals surface area (Å²) in [7, 11) is 0. The van der Waals surface area contributed by atoms with Gasteiger partial charge in [0.15, 0.2) is 0 Å². The summed E-state index contributed by atoms with van der Waals surface area (Å²) < 4.78 is -0.184. The average Bonchev–Trinajstić information content (AvgIpc) is 1.30. The summed E-state index contributed by atoms with van der Waals surface area (Å²) in [4.78, 5) is 0. The maximum Gasteiger partial charge on any atom is 0.260 e. The van der Waals surface area contributed by atoms with E-state index in [1.807, 2.05) is 5.32 Å². The van der Waals surface area contributed by atoms with Crippen LogP contribution in [0.5, 0.6) is 0 Å². The van der Waals surface area contributed by atoms with Crippen molar-refractivity contribution in [2.45, 2.75) is 2.27 Å². The molecule has 0 aliphatic heterocycles. The van der Waals surface area contributed by atoms with E-state index in [4.69, 9.17) is 0 Å². The molecule has 0 radical (unpaired) electrons. The van der Waals surface area contributed by atoms with Gasteiger partial charge in [-0.15, -0.1) is 0 Å². The highest BCUT2D eigenvalue weighted by atomic mass is 80.0. The molecule has 0 saturated carbocycles. The van der Waals surface area contributed by atoms with Gasteiger partial charge in [-0.1, -0.05) is 0 Å². The number of halogens is 7. The lowest BCUT2D eigenvalue weighted by atomic mass is 11.3. The van der Waals surface area contributed by atoms with Crippen molar-refractivity contribution in [3.63, 3.8) is 0 Å². The van der Waals surface area contributed by atoms with Crippen LogP contribution in [0.2, 0.25) is 0 Å². The summed E-state index contributed by atoms with van der Waals surface area (Å²) in [6.07, 6.45) is 0. The Hall–Kier alpha value is 3.32. The molecule has 0 heterocycles. The molecule has 0 bridgehead atoms. The van der Waals surface area contributed by atoms with Crippen molar-refractivity contribution in [3.05, 3.63) is 0 Å². The molecule has 0 spiro atoms. The first kappa shape index (κ1) is 23.3. The Morgan fingerprint density at radius 2 is 1.30 bits per heavy atom. The van der Waals surface area contributed by atoms with Crippen molar-refractivity contribution in [3.8, 4) is 0 Å². The second-order valence-corrected chi connectivity index (χ2v) is 8.49. The molecule has 68 valence electrons. The summed E-state index contributed by atoms with van der Waals surface area (Å²) in [6, 6.07) is 0. The first-order valence-electron chi connectivity index (χ1n) is 1.53. The van der Waals surface area contributed by atoms with Gasteiger partial charge in [-0.2, -0.15) is 0 Å². The largest absolute Gasteiger partial charge is 1.00 e. The van der Waals surface area contributed by atoms with Gasteiger partial charge in [0.2, 0.25) is 0 Å². The maximum atomic E-state index is 3.29. The van der Waals surface area contributed by atoms with Crippen molar-refractivity contribution >= 4 is 63.7 Å². The predicted molar refractivity (Wildman–Crippen MR) is 45.2 cm³/mol. The fraction of sp³-hybridized carbons (Fsp3) is 1.00. The Balaban J connectivity index is -0.0000000600. The molecular formula is C2H4Br7N-2. The molecule has 1 nitrogen and oxygen atoms in total. The van der Waals surface area contributed by atoms with E-state index in [9.17, 15) is 0 Å². The monoisotopic (exact) mass is 594 g/mol. The van der Waals surface area contributed by atoms with Gasteiger partial charge in [-0.3, -0.25) is 0 Å². The minimum Gasteiger partial charge on any atom is -1.00 e. The zero-order valence-corrected chi connectivity index (χ0v) is 15.5.